The lowest BCUT2D eigenvalue weighted by atomic mass is 10.1. The van der Waals surface area contributed by atoms with E-state index in [-0.39, 0.29) is 6.04 Å². The molecule has 1 saturated heterocycles. The van der Waals surface area contributed by atoms with Gasteiger partial charge in [-0.1, -0.05) is 42.5 Å². The van der Waals surface area contributed by atoms with Crippen molar-refractivity contribution >= 4 is 23.7 Å². The number of allylic oxidation sites excluding steroid dienone is 1. The fraction of sp³-hybridized carbons (Fsp3) is 0.304. The smallest absolute Gasteiger partial charge is 0.235 e. The standard InChI is InChI=1S/C23H28N10/c1-32-11-13-33(14-12-32)23-28-21(25-18-9-7-17(24)8-10-18)27-22(29-23)26-20-15-19(30-31-20)16-5-3-2-4-6-16/h2-7,9-10,15,17H,8,11-14,24H2,1H3,(H3,25,26,27,28,29,30,31). The molecule has 33 heavy (non-hydrogen) atoms. The van der Waals surface area contributed by atoms with Gasteiger partial charge in [-0.2, -0.15) is 20.1 Å². The highest BCUT2D eigenvalue weighted by Crippen LogP contribution is 2.23. The predicted molar refractivity (Wildman–Crippen MR) is 130 cm³/mol. The quantitative estimate of drug-likeness (QED) is 0.453. The summed E-state index contributed by atoms with van der Waals surface area (Å²) in [4.78, 5) is 18.4. The maximum absolute atomic E-state index is 5.95. The van der Waals surface area contributed by atoms with Gasteiger partial charge in [0.2, 0.25) is 17.8 Å². The zero-order valence-corrected chi connectivity index (χ0v) is 18.6. The van der Waals surface area contributed by atoms with Crippen LogP contribution in [0, 0.1) is 0 Å². The monoisotopic (exact) mass is 444 g/mol. The molecule has 5 N–H and O–H groups in total. The Morgan fingerprint density at radius 1 is 1.00 bits per heavy atom. The molecule has 0 amide bonds. The molecule has 0 bridgehead atoms. The van der Waals surface area contributed by atoms with Crippen molar-refractivity contribution in [2.45, 2.75) is 12.5 Å². The minimum absolute atomic E-state index is 0.0468. The molecule has 1 aromatic carbocycles. The molecule has 0 saturated carbocycles. The van der Waals surface area contributed by atoms with Crippen LogP contribution in [0.1, 0.15) is 6.42 Å². The summed E-state index contributed by atoms with van der Waals surface area (Å²) >= 11 is 0. The lowest BCUT2D eigenvalue weighted by Gasteiger charge is -2.32. The number of benzene rings is 1. The van der Waals surface area contributed by atoms with Crippen molar-refractivity contribution in [3.63, 3.8) is 0 Å². The van der Waals surface area contributed by atoms with Gasteiger partial charge in [0.25, 0.3) is 0 Å². The van der Waals surface area contributed by atoms with Crippen molar-refractivity contribution in [3.8, 4) is 11.3 Å². The van der Waals surface area contributed by atoms with Crippen LogP contribution in [0.25, 0.3) is 11.3 Å². The molecule has 1 unspecified atom stereocenters. The van der Waals surface area contributed by atoms with E-state index in [9.17, 15) is 0 Å². The summed E-state index contributed by atoms with van der Waals surface area (Å²) in [6.45, 7) is 3.64. The number of piperazine rings is 1. The van der Waals surface area contributed by atoms with Gasteiger partial charge in [0.05, 0.1) is 5.69 Å². The maximum Gasteiger partial charge on any atom is 0.235 e. The summed E-state index contributed by atoms with van der Waals surface area (Å²) in [5, 5.41) is 14.0. The molecule has 0 radical (unpaired) electrons. The summed E-state index contributed by atoms with van der Waals surface area (Å²) in [6, 6.07) is 12.0. The molecule has 3 heterocycles. The third kappa shape index (κ3) is 5.18. The highest BCUT2D eigenvalue weighted by Gasteiger charge is 2.19. The lowest BCUT2D eigenvalue weighted by molar-refractivity contribution is 0.311. The van der Waals surface area contributed by atoms with Gasteiger partial charge in [-0.3, -0.25) is 5.10 Å². The normalized spacial score (nSPS) is 18.8. The van der Waals surface area contributed by atoms with Gasteiger partial charge < -0.3 is 26.2 Å². The number of H-pyrrole nitrogens is 1. The molecule has 2 aliphatic rings. The Bertz CT molecular complexity index is 1150. The Morgan fingerprint density at radius 2 is 1.76 bits per heavy atom. The first kappa shape index (κ1) is 21.1. The zero-order valence-electron chi connectivity index (χ0n) is 18.6. The molecule has 5 rings (SSSR count). The summed E-state index contributed by atoms with van der Waals surface area (Å²) in [7, 11) is 2.12. The number of nitrogens with one attached hydrogen (secondary N) is 3. The van der Waals surface area contributed by atoms with E-state index in [4.69, 9.17) is 5.73 Å². The summed E-state index contributed by atoms with van der Waals surface area (Å²) in [5.74, 6) is 2.19. The molecule has 10 heteroatoms. The van der Waals surface area contributed by atoms with Crippen molar-refractivity contribution < 1.29 is 0 Å². The van der Waals surface area contributed by atoms with E-state index in [1.165, 1.54) is 0 Å². The first-order valence-corrected chi connectivity index (χ1v) is 11.1. The third-order valence-corrected chi connectivity index (χ3v) is 5.70. The molecule has 170 valence electrons. The number of aromatic nitrogens is 5. The zero-order chi connectivity index (χ0) is 22.6. The Labute approximate surface area is 192 Å². The number of nitrogens with two attached hydrogens (primary N) is 1. The van der Waals surface area contributed by atoms with Crippen molar-refractivity contribution in [1.82, 2.24) is 30.0 Å². The molecule has 1 fully saturated rings. The van der Waals surface area contributed by atoms with E-state index < -0.39 is 0 Å². The fourth-order valence-corrected chi connectivity index (χ4v) is 3.75. The van der Waals surface area contributed by atoms with Gasteiger partial charge in [0.1, 0.15) is 0 Å². The molecular formula is C23H28N10. The second-order valence-electron chi connectivity index (χ2n) is 8.27. The first-order chi connectivity index (χ1) is 16.1. The van der Waals surface area contributed by atoms with Crippen LogP contribution < -0.4 is 21.3 Å². The third-order valence-electron chi connectivity index (χ3n) is 5.70. The minimum atomic E-state index is 0.0468. The highest BCUT2D eigenvalue weighted by atomic mass is 15.4. The van der Waals surface area contributed by atoms with Crippen molar-refractivity contribution in [2.75, 3.05) is 48.8 Å². The molecule has 3 aromatic rings. The van der Waals surface area contributed by atoms with Gasteiger partial charge in [-0.05, 0) is 25.1 Å². The number of anilines is 4. The minimum Gasteiger partial charge on any atom is -0.338 e. The van der Waals surface area contributed by atoms with Crippen LogP contribution in [-0.4, -0.2) is 69.3 Å². The Hall–Kier alpha value is -3.76. The van der Waals surface area contributed by atoms with Crippen LogP contribution in [0.3, 0.4) is 0 Å². The van der Waals surface area contributed by atoms with Crippen LogP contribution >= 0.6 is 0 Å². The molecule has 10 nitrogen and oxygen atoms in total. The molecular weight excluding hydrogens is 416 g/mol. The van der Waals surface area contributed by atoms with E-state index in [1.807, 2.05) is 48.6 Å². The number of rotatable bonds is 6. The van der Waals surface area contributed by atoms with Gasteiger partial charge in [-0.25, -0.2) is 0 Å². The van der Waals surface area contributed by atoms with Crippen LogP contribution in [0.15, 0.2) is 60.3 Å². The number of aromatic amines is 1. The molecule has 0 spiro atoms. The second kappa shape index (κ2) is 9.39. The van der Waals surface area contributed by atoms with E-state index in [1.54, 1.807) is 0 Å². The van der Waals surface area contributed by atoms with E-state index in [0.29, 0.717) is 23.7 Å². The molecule has 1 aliphatic heterocycles. The van der Waals surface area contributed by atoms with Gasteiger partial charge in [0.15, 0.2) is 5.82 Å². The van der Waals surface area contributed by atoms with Gasteiger partial charge in [-0.15, -0.1) is 0 Å². The van der Waals surface area contributed by atoms with Crippen molar-refractivity contribution in [1.29, 1.82) is 0 Å². The lowest BCUT2D eigenvalue weighted by Crippen LogP contribution is -2.45. The number of nitrogens with zero attached hydrogens (tertiary/aromatic N) is 6. The maximum atomic E-state index is 5.95. The van der Waals surface area contributed by atoms with Crippen molar-refractivity contribution in [2.24, 2.45) is 5.73 Å². The Kier molecular flexibility index (Phi) is 6.01. The van der Waals surface area contributed by atoms with Gasteiger partial charge >= 0.3 is 0 Å². The van der Waals surface area contributed by atoms with Crippen LogP contribution in [0.2, 0.25) is 0 Å². The van der Waals surface area contributed by atoms with Crippen LogP contribution in [-0.2, 0) is 0 Å². The second-order valence-corrected chi connectivity index (χ2v) is 8.27. The summed E-state index contributed by atoms with van der Waals surface area (Å²) < 4.78 is 0. The Morgan fingerprint density at radius 3 is 2.48 bits per heavy atom. The van der Waals surface area contributed by atoms with Crippen LogP contribution in [0.4, 0.5) is 23.7 Å². The van der Waals surface area contributed by atoms with E-state index >= 15 is 0 Å². The largest absolute Gasteiger partial charge is 0.338 e. The first-order valence-electron chi connectivity index (χ1n) is 11.1. The Balaban J connectivity index is 1.40. The number of hydrogen-bond acceptors (Lipinski definition) is 9. The summed E-state index contributed by atoms with van der Waals surface area (Å²) in [5.41, 5.74) is 8.84. The summed E-state index contributed by atoms with van der Waals surface area (Å²) in [6.07, 6.45) is 6.76. The topological polar surface area (TPSA) is 124 Å². The number of likely N-dealkylation sites (N-methyl/N-ethyl adjacent to an activating group) is 1. The van der Waals surface area contributed by atoms with Gasteiger partial charge in [0, 0.05) is 44.0 Å². The molecule has 1 atom stereocenters. The SMILES string of the molecule is CN1CCN(c2nc(NC3=CCC(N)C=C3)nc(Nc3cc(-c4ccccc4)[nH]n3)n2)CC1. The average molecular weight is 445 g/mol. The highest BCUT2D eigenvalue weighted by molar-refractivity contribution is 5.64. The van der Waals surface area contributed by atoms with Crippen molar-refractivity contribution in [3.05, 3.63) is 60.3 Å². The van der Waals surface area contributed by atoms with E-state index in [2.05, 4.69) is 58.7 Å². The van der Waals surface area contributed by atoms with Crippen LogP contribution in [0.5, 0.6) is 0 Å². The fourth-order valence-electron chi connectivity index (χ4n) is 3.75. The van der Waals surface area contributed by atoms with E-state index in [0.717, 1.165) is 49.6 Å². The molecule has 1 aliphatic carbocycles. The predicted octanol–water partition coefficient (Wildman–Crippen LogP) is 2.34. The number of hydrogen-bond donors (Lipinski definition) is 4. The molecule has 2 aromatic heterocycles. The average Bonchev–Trinajstić information content (AvgIpc) is 3.30.